The first-order valence-electron chi connectivity index (χ1n) is 11.4. The molecule has 0 saturated carbocycles. The SMILES string of the molecule is CN1CC[C@@H](Oc2cccc(NS(=O)(=O)c3ccc(-c4cccc5c4oc4ccccc45)s3)c2)C1. The average Bonchev–Trinajstić information content (AvgIpc) is 3.57. The van der Waals surface area contributed by atoms with Gasteiger partial charge in [0, 0.05) is 40.4 Å². The van der Waals surface area contributed by atoms with Crippen LogP contribution in [0.25, 0.3) is 32.4 Å². The van der Waals surface area contributed by atoms with Gasteiger partial charge in [-0.2, -0.15) is 0 Å². The van der Waals surface area contributed by atoms with E-state index >= 15 is 0 Å². The molecule has 1 atom stereocenters. The van der Waals surface area contributed by atoms with E-state index in [1.54, 1.807) is 24.3 Å². The number of para-hydroxylation sites is 2. The molecular weight excluding hydrogens is 480 g/mol. The van der Waals surface area contributed by atoms with Crippen molar-refractivity contribution in [3.63, 3.8) is 0 Å². The van der Waals surface area contributed by atoms with Crippen LogP contribution in [0.2, 0.25) is 0 Å². The number of hydrogen-bond donors (Lipinski definition) is 1. The number of likely N-dealkylation sites (tertiary alicyclic amines) is 1. The van der Waals surface area contributed by atoms with Gasteiger partial charge < -0.3 is 14.1 Å². The minimum Gasteiger partial charge on any atom is -0.489 e. The van der Waals surface area contributed by atoms with Crippen molar-refractivity contribution in [2.24, 2.45) is 0 Å². The zero-order chi connectivity index (χ0) is 24.0. The van der Waals surface area contributed by atoms with Crippen LogP contribution in [0.3, 0.4) is 0 Å². The van der Waals surface area contributed by atoms with Crippen LogP contribution >= 0.6 is 11.3 Å². The zero-order valence-corrected chi connectivity index (χ0v) is 20.7. The number of furan rings is 1. The summed E-state index contributed by atoms with van der Waals surface area (Å²) in [6, 6.07) is 24.4. The third-order valence-corrected chi connectivity index (χ3v) is 9.24. The average molecular weight is 505 g/mol. The van der Waals surface area contributed by atoms with E-state index in [1.165, 1.54) is 11.3 Å². The molecule has 1 N–H and O–H groups in total. The Labute approximate surface area is 207 Å². The Kier molecular flexibility index (Phi) is 5.51. The van der Waals surface area contributed by atoms with Crippen LogP contribution in [-0.4, -0.2) is 39.6 Å². The number of likely N-dealkylation sites (N-methyl/N-ethyl adjacent to an activating group) is 1. The molecule has 6 nitrogen and oxygen atoms in total. The Morgan fingerprint density at radius 3 is 2.69 bits per heavy atom. The number of hydrogen-bond acceptors (Lipinski definition) is 6. The maximum atomic E-state index is 13.2. The maximum Gasteiger partial charge on any atom is 0.271 e. The fourth-order valence-corrected chi connectivity index (χ4v) is 6.95. The summed E-state index contributed by atoms with van der Waals surface area (Å²) in [4.78, 5) is 3.05. The second kappa shape index (κ2) is 8.71. The molecule has 0 unspecified atom stereocenters. The fourth-order valence-electron chi connectivity index (χ4n) is 4.57. The molecule has 0 amide bonds. The van der Waals surface area contributed by atoms with Crippen molar-refractivity contribution in [2.45, 2.75) is 16.7 Å². The Morgan fingerprint density at radius 2 is 1.83 bits per heavy atom. The summed E-state index contributed by atoms with van der Waals surface area (Å²) < 4.78 is 41.5. The Morgan fingerprint density at radius 1 is 1.00 bits per heavy atom. The predicted molar refractivity (Wildman–Crippen MR) is 141 cm³/mol. The van der Waals surface area contributed by atoms with Crippen molar-refractivity contribution in [3.05, 3.63) is 78.9 Å². The smallest absolute Gasteiger partial charge is 0.271 e. The van der Waals surface area contributed by atoms with Crippen molar-refractivity contribution in [1.82, 2.24) is 4.90 Å². The standard InChI is InChI=1S/C27H24N2O4S2/c1-29-15-14-20(17-29)32-19-7-4-6-18(16-19)28-35(30,31)26-13-12-25(34-26)23-10-5-9-22-21-8-2-3-11-24(21)33-27(22)23/h2-13,16,20,28H,14-15,17H2,1H3/t20-/m1/s1. The first-order valence-corrected chi connectivity index (χ1v) is 13.7. The molecule has 3 heterocycles. The third kappa shape index (κ3) is 4.29. The second-order valence-corrected chi connectivity index (χ2v) is 11.8. The van der Waals surface area contributed by atoms with Gasteiger partial charge >= 0.3 is 0 Å². The number of nitrogens with zero attached hydrogens (tertiary/aromatic N) is 1. The summed E-state index contributed by atoms with van der Waals surface area (Å²) >= 11 is 1.22. The van der Waals surface area contributed by atoms with Gasteiger partial charge in [0.2, 0.25) is 0 Å². The zero-order valence-electron chi connectivity index (χ0n) is 19.1. The number of thiophene rings is 1. The van der Waals surface area contributed by atoms with E-state index in [0.717, 1.165) is 51.9 Å². The van der Waals surface area contributed by atoms with Crippen molar-refractivity contribution in [2.75, 3.05) is 24.9 Å². The van der Waals surface area contributed by atoms with Crippen molar-refractivity contribution in [1.29, 1.82) is 0 Å². The molecule has 35 heavy (non-hydrogen) atoms. The summed E-state index contributed by atoms with van der Waals surface area (Å²) in [5, 5.41) is 2.06. The van der Waals surface area contributed by atoms with Gasteiger partial charge in [0.05, 0.1) is 5.69 Å². The molecule has 0 radical (unpaired) electrons. The van der Waals surface area contributed by atoms with Crippen molar-refractivity contribution in [3.8, 4) is 16.2 Å². The van der Waals surface area contributed by atoms with E-state index in [1.807, 2.05) is 54.6 Å². The first-order chi connectivity index (χ1) is 17.0. The minimum absolute atomic E-state index is 0.118. The quantitative estimate of drug-likeness (QED) is 0.298. The number of sulfonamides is 1. The molecule has 3 aromatic carbocycles. The Hall–Kier alpha value is -3.33. The van der Waals surface area contributed by atoms with Gasteiger partial charge in [0.1, 0.15) is 27.2 Å². The highest BCUT2D eigenvalue weighted by atomic mass is 32.2. The molecule has 0 aliphatic carbocycles. The topological polar surface area (TPSA) is 71.8 Å². The van der Waals surface area contributed by atoms with Crippen LogP contribution in [0.1, 0.15) is 6.42 Å². The lowest BCUT2D eigenvalue weighted by molar-refractivity contribution is 0.208. The molecule has 6 rings (SSSR count). The van der Waals surface area contributed by atoms with E-state index in [-0.39, 0.29) is 10.3 Å². The van der Waals surface area contributed by atoms with Crippen LogP contribution in [0.4, 0.5) is 5.69 Å². The number of ether oxygens (including phenoxy) is 1. The lowest BCUT2D eigenvalue weighted by atomic mass is 10.1. The highest BCUT2D eigenvalue weighted by Crippen LogP contribution is 2.39. The molecule has 8 heteroatoms. The van der Waals surface area contributed by atoms with Gasteiger partial charge in [-0.25, -0.2) is 8.42 Å². The van der Waals surface area contributed by atoms with Crippen molar-refractivity contribution >= 4 is 49.0 Å². The van der Waals surface area contributed by atoms with Gasteiger partial charge in [-0.05, 0) is 49.9 Å². The Balaban J connectivity index is 1.27. The summed E-state index contributed by atoms with van der Waals surface area (Å²) in [6.45, 7) is 1.87. The number of nitrogens with one attached hydrogen (secondary N) is 1. The lowest BCUT2D eigenvalue weighted by Gasteiger charge is -2.15. The largest absolute Gasteiger partial charge is 0.489 e. The molecule has 1 aliphatic rings. The van der Waals surface area contributed by atoms with Gasteiger partial charge in [0.15, 0.2) is 0 Å². The van der Waals surface area contributed by atoms with Crippen LogP contribution in [0.5, 0.6) is 5.75 Å². The van der Waals surface area contributed by atoms with E-state index < -0.39 is 10.0 Å². The van der Waals surface area contributed by atoms with E-state index in [2.05, 4.69) is 16.7 Å². The second-order valence-electron chi connectivity index (χ2n) is 8.82. The van der Waals surface area contributed by atoms with E-state index in [9.17, 15) is 8.42 Å². The number of rotatable bonds is 6. The highest BCUT2D eigenvalue weighted by molar-refractivity contribution is 7.94. The Bertz CT molecular complexity index is 1640. The predicted octanol–water partition coefficient (Wildman–Crippen LogP) is 6.20. The molecule has 178 valence electrons. The summed E-state index contributed by atoms with van der Waals surface area (Å²) in [7, 11) is -1.69. The van der Waals surface area contributed by atoms with Gasteiger partial charge in [0.25, 0.3) is 10.0 Å². The van der Waals surface area contributed by atoms with Gasteiger partial charge in [-0.3, -0.25) is 4.72 Å². The van der Waals surface area contributed by atoms with Crippen LogP contribution in [0, 0.1) is 0 Å². The summed E-state index contributed by atoms with van der Waals surface area (Å²) in [6.07, 6.45) is 1.08. The number of anilines is 1. The van der Waals surface area contributed by atoms with Crippen LogP contribution in [-0.2, 0) is 10.0 Å². The fraction of sp³-hybridized carbons (Fsp3) is 0.185. The van der Waals surface area contributed by atoms with Crippen LogP contribution in [0.15, 0.2) is 87.5 Å². The molecule has 1 aliphatic heterocycles. The number of benzene rings is 3. The number of fused-ring (bicyclic) bond motifs is 3. The van der Waals surface area contributed by atoms with Gasteiger partial charge in [-0.15, -0.1) is 11.3 Å². The first kappa shape index (κ1) is 22.2. The summed E-state index contributed by atoms with van der Waals surface area (Å²) in [5.41, 5.74) is 2.92. The van der Waals surface area contributed by atoms with E-state index in [4.69, 9.17) is 9.15 Å². The van der Waals surface area contributed by atoms with Crippen molar-refractivity contribution < 1.29 is 17.6 Å². The molecule has 0 spiro atoms. The molecule has 2 aromatic heterocycles. The molecular formula is C27H24N2O4S2. The van der Waals surface area contributed by atoms with Crippen LogP contribution < -0.4 is 9.46 Å². The lowest BCUT2D eigenvalue weighted by Crippen LogP contribution is -2.21. The van der Waals surface area contributed by atoms with Gasteiger partial charge in [-0.1, -0.05) is 36.4 Å². The molecule has 1 fully saturated rings. The monoisotopic (exact) mass is 504 g/mol. The van der Waals surface area contributed by atoms with E-state index in [0.29, 0.717) is 11.4 Å². The highest BCUT2D eigenvalue weighted by Gasteiger charge is 2.22. The minimum atomic E-state index is -3.76. The third-order valence-electron chi connectivity index (χ3n) is 6.25. The molecule has 5 aromatic rings. The normalized spacial score (nSPS) is 16.8. The molecule has 0 bridgehead atoms. The maximum absolute atomic E-state index is 13.2. The summed E-state index contributed by atoms with van der Waals surface area (Å²) in [5.74, 6) is 0.661. The molecule has 1 saturated heterocycles.